The molecule has 0 aliphatic rings. The van der Waals surface area contributed by atoms with E-state index in [-0.39, 0.29) is 12.0 Å². The molecule has 0 aliphatic carbocycles. The molecule has 0 radical (unpaired) electrons. The Morgan fingerprint density at radius 1 is 1.67 bits per heavy atom. The molecule has 82 valence electrons. The fraction of sp³-hybridized carbons (Fsp3) is 0.400. The first kappa shape index (κ1) is 11.3. The van der Waals surface area contributed by atoms with Crippen LogP contribution >= 0.6 is 0 Å². The van der Waals surface area contributed by atoms with E-state index in [1.54, 1.807) is 37.3 Å². The van der Waals surface area contributed by atoms with E-state index in [1.165, 1.54) is 7.11 Å². The molecule has 1 rings (SSSR count). The number of nitrogens with two attached hydrogens (primary N) is 1. The Labute approximate surface area is 88.9 Å². The van der Waals surface area contributed by atoms with Crippen molar-refractivity contribution in [3.63, 3.8) is 0 Å². The van der Waals surface area contributed by atoms with Gasteiger partial charge in [0.25, 0.3) is 0 Å². The van der Waals surface area contributed by atoms with Crippen molar-refractivity contribution in [2.45, 2.75) is 13.0 Å². The molecule has 1 atom stereocenters. The minimum atomic E-state index is -0.375. The maximum atomic E-state index is 11.3. The number of carbonyl (C=O) groups is 1. The molecule has 0 spiro atoms. The molecule has 1 aromatic rings. The van der Waals surface area contributed by atoms with Crippen molar-refractivity contribution in [1.82, 2.24) is 4.98 Å². The highest BCUT2D eigenvalue weighted by atomic mass is 16.5. The quantitative estimate of drug-likeness (QED) is 0.741. The molecular weight excluding hydrogens is 194 g/mol. The maximum Gasteiger partial charge on any atom is 0.328 e. The van der Waals surface area contributed by atoms with Gasteiger partial charge in [0.1, 0.15) is 6.04 Å². The van der Waals surface area contributed by atoms with Crippen LogP contribution in [0.1, 0.15) is 6.92 Å². The highest BCUT2D eigenvalue weighted by Gasteiger charge is 2.20. The first-order valence-electron chi connectivity index (χ1n) is 4.58. The van der Waals surface area contributed by atoms with Gasteiger partial charge in [-0.05, 0) is 13.0 Å². The predicted octanol–water partition coefficient (Wildman–Crippen LogP) is 0.662. The zero-order valence-corrected chi connectivity index (χ0v) is 9.10. The Balaban J connectivity index is 2.89. The molecule has 5 heteroatoms. The Morgan fingerprint density at radius 3 is 2.87 bits per heavy atom. The summed E-state index contributed by atoms with van der Waals surface area (Å²) in [7, 11) is 3.15. The van der Waals surface area contributed by atoms with Gasteiger partial charge in [-0.2, -0.15) is 0 Å². The molecule has 15 heavy (non-hydrogen) atoms. The summed E-state index contributed by atoms with van der Waals surface area (Å²) in [6.07, 6.45) is 3.18. The van der Waals surface area contributed by atoms with Crippen molar-refractivity contribution in [1.29, 1.82) is 0 Å². The number of aromatic nitrogens is 1. The predicted molar refractivity (Wildman–Crippen MR) is 58.5 cm³/mol. The topological polar surface area (TPSA) is 68.5 Å². The first-order chi connectivity index (χ1) is 7.07. The van der Waals surface area contributed by atoms with Crippen LogP contribution in [-0.4, -0.2) is 31.2 Å². The molecule has 0 saturated heterocycles. The van der Waals surface area contributed by atoms with Crippen molar-refractivity contribution < 1.29 is 9.53 Å². The lowest BCUT2D eigenvalue weighted by atomic mass is 10.2. The Bertz CT molecular complexity index is 354. The van der Waals surface area contributed by atoms with Gasteiger partial charge in [0.15, 0.2) is 0 Å². The van der Waals surface area contributed by atoms with Crippen molar-refractivity contribution in [3.05, 3.63) is 18.5 Å². The van der Waals surface area contributed by atoms with Crippen LogP contribution in [0.15, 0.2) is 18.5 Å². The smallest absolute Gasteiger partial charge is 0.328 e. The minimum Gasteiger partial charge on any atom is -0.467 e. The number of rotatable bonds is 3. The molecule has 0 amide bonds. The number of hydrogen-bond acceptors (Lipinski definition) is 5. The minimum absolute atomic E-state index is 0.297. The van der Waals surface area contributed by atoms with Gasteiger partial charge in [-0.1, -0.05) is 0 Å². The zero-order valence-electron chi connectivity index (χ0n) is 9.10. The number of methoxy groups -OCH3 is 1. The molecule has 0 aliphatic heterocycles. The highest BCUT2D eigenvalue weighted by molar-refractivity contribution is 5.81. The number of nitrogens with zero attached hydrogens (tertiary/aromatic N) is 2. The summed E-state index contributed by atoms with van der Waals surface area (Å²) in [5, 5.41) is 0. The summed E-state index contributed by atoms with van der Waals surface area (Å²) in [5.41, 5.74) is 7.05. The van der Waals surface area contributed by atoms with Gasteiger partial charge < -0.3 is 15.4 Å². The van der Waals surface area contributed by atoms with Gasteiger partial charge in [0.2, 0.25) is 0 Å². The number of likely N-dealkylation sites (N-methyl/N-ethyl adjacent to an activating group) is 1. The van der Waals surface area contributed by atoms with Crippen LogP contribution in [0.2, 0.25) is 0 Å². The number of pyridine rings is 1. The third-order valence-corrected chi connectivity index (χ3v) is 2.33. The van der Waals surface area contributed by atoms with Crippen LogP contribution in [0, 0.1) is 0 Å². The van der Waals surface area contributed by atoms with Crippen LogP contribution in [0.3, 0.4) is 0 Å². The van der Waals surface area contributed by atoms with Gasteiger partial charge in [-0.25, -0.2) is 4.79 Å². The SMILES string of the molecule is COC(=O)C(C)N(C)c1ccncc1N. The van der Waals surface area contributed by atoms with E-state index >= 15 is 0 Å². The lowest BCUT2D eigenvalue weighted by Gasteiger charge is -2.25. The average molecular weight is 209 g/mol. The molecule has 5 nitrogen and oxygen atoms in total. The van der Waals surface area contributed by atoms with Crippen LogP contribution in [0.25, 0.3) is 0 Å². The molecule has 1 unspecified atom stereocenters. The van der Waals surface area contributed by atoms with E-state index in [9.17, 15) is 4.79 Å². The molecule has 0 bridgehead atoms. The van der Waals surface area contributed by atoms with E-state index in [2.05, 4.69) is 9.72 Å². The Hall–Kier alpha value is -1.78. The number of nitrogen functional groups attached to an aromatic ring is 1. The van der Waals surface area contributed by atoms with Gasteiger partial charge in [-0.15, -0.1) is 0 Å². The van der Waals surface area contributed by atoms with Gasteiger partial charge in [0, 0.05) is 13.2 Å². The van der Waals surface area contributed by atoms with Gasteiger partial charge in [-0.3, -0.25) is 4.98 Å². The van der Waals surface area contributed by atoms with Crippen LogP contribution in [0.4, 0.5) is 11.4 Å². The second-order valence-electron chi connectivity index (χ2n) is 3.24. The summed E-state index contributed by atoms with van der Waals surface area (Å²) in [6.45, 7) is 1.76. The summed E-state index contributed by atoms with van der Waals surface area (Å²) >= 11 is 0. The van der Waals surface area contributed by atoms with E-state index in [0.717, 1.165) is 5.69 Å². The Kier molecular flexibility index (Phi) is 3.49. The summed E-state index contributed by atoms with van der Waals surface area (Å²) in [6, 6.07) is 1.38. The molecule has 1 heterocycles. The fourth-order valence-corrected chi connectivity index (χ4v) is 1.26. The molecular formula is C10H15N3O2. The second-order valence-corrected chi connectivity index (χ2v) is 3.24. The van der Waals surface area contributed by atoms with Crippen molar-refractivity contribution in [2.75, 3.05) is 24.8 Å². The number of hydrogen-bond donors (Lipinski definition) is 1. The van der Waals surface area contributed by atoms with E-state index in [0.29, 0.717) is 5.69 Å². The van der Waals surface area contributed by atoms with E-state index < -0.39 is 0 Å². The fourth-order valence-electron chi connectivity index (χ4n) is 1.26. The lowest BCUT2D eigenvalue weighted by molar-refractivity contribution is -0.141. The monoisotopic (exact) mass is 209 g/mol. The normalized spacial score (nSPS) is 11.9. The number of carbonyl (C=O) groups excluding carboxylic acids is 1. The van der Waals surface area contributed by atoms with E-state index in [4.69, 9.17) is 5.73 Å². The molecule has 2 N–H and O–H groups in total. The van der Waals surface area contributed by atoms with Crippen molar-refractivity contribution in [2.24, 2.45) is 0 Å². The zero-order chi connectivity index (χ0) is 11.4. The Morgan fingerprint density at radius 2 is 2.33 bits per heavy atom. The molecule has 1 aromatic heterocycles. The maximum absolute atomic E-state index is 11.3. The highest BCUT2D eigenvalue weighted by Crippen LogP contribution is 2.21. The third kappa shape index (κ3) is 2.37. The number of esters is 1. The van der Waals surface area contributed by atoms with Crippen LogP contribution < -0.4 is 10.6 Å². The summed E-state index contributed by atoms with van der Waals surface area (Å²) < 4.78 is 4.66. The van der Waals surface area contributed by atoms with Crippen LogP contribution in [0.5, 0.6) is 0 Å². The van der Waals surface area contributed by atoms with Crippen LogP contribution in [-0.2, 0) is 9.53 Å². The van der Waals surface area contributed by atoms with Crippen molar-refractivity contribution in [3.8, 4) is 0 Å². The molecule has 0 aromatic carbocycles. The second kappa shape index (κ2) is 4.63. The first-order valence-corrected chi connectivity index (χ1v) is 4.58. The van der Waals surface area contributed by atoms with E-state index in [1.807, 2.05) is 0 Å². The summed E-state index contributed by atoms with van der Waals surface area (Å²) in [5.74, 6) is -0.297. The standard InChI is InChI=1S/C10H15N3O2/c1-7(10(14)15-3)13(2)9-4-5-12-6-8(9)11/h4-7H,11H2,1-3H3. The average Bonchev–Trinajstić information content (AvgIpc) is 2.26. The van der Waals surface area contributed by atoms with Gasteiger partial charge >= 0.3 is 5.97 Å². The molecule has 0 fully saturated rings. The third-order valence-electron chi connectivity index (χ3n) is 2.33. The lowest BCUT2D eigenvalue weighted by Crippen LogP contribution is -2.37. The summed E-state index contributed by atoms with van der Waals surface area (Å²) in [4.78, 5) is 17.0. The largest absolute Gasteiger partial charge is 0.467 e. The van der Waals surface area contributed by atoms with Crippen molar-refractivity contribution >= 4 is 17.3 Å². The number of anilines is 2. The van der Waals surface area contributed by atoms with Gasteiger partial charge in [0.05, 0.1) is 24.7 Å². The molecule has 0 saturated carbocycles. The number of ether oxygens (including phenoxy) is 1.